The molecule has 0 aliphatic heterocycles. The first kappa shape index (κ1) is 17.8. The zero-order valence-corrected chi connectivity index (χ0v) is 15.8. The highest BCUT2D eigenvalue weighted by atomic mass is 14.2. The number of hydrogen-bond donors (Lipinski definition) is 0. The lowest BCUT2D eigenvalue weighted by molar-refractivity contribution is 1.55. The summed E-state index contributed by atoms with van der Waals surface area (Å²) in [5.41, 5.74) is 9.60. The zero-order valence-electron chi connectivity index (χ0n) is 15.8. The highest BCUT2D eigenvalue weighted by molar-refractivity contribution is 5.91. The summed E-state index contributed by atoms with van der Waals surface area (Å²) in [5.74, 6) is 0. The Hall–Kier alpha value is -3.64. The van der Waals surface area contributed by atoms with E-state index in [9.17, 15) is 0 Å². The van der Waals surface area contributed by atoms with Crippen LogP contribution in [0, 0.1) is 0 Å². The molecule has 0 radical (unpaired) electrons. The highest BCUT2D eigenvalue weighted by Gasteiger charge is 2.11. The van der Waals surface area contributed by atoms with Gasteiger partial charge in [0, 0.05) is 0 Å². The lowest BCUT2D eigenvalue weighted by Crippen LogP contribution is -1.89. The predicted octanol–water partition coefficient (Wildman–Crippen LogP) is 7.97. The molecule has 0 fully saturated rings. The largest absolute Gasteiger partial charge is 0.0985 e. The summed E-state index contributed by atoms with van der Waals surface area (Å²) in [6.45, 7) is 7.70. The molecule has 0 saturated carbocycles. The first-order valence-corrected chi connectivity index (χ1v) is 9.44. The van der Waals surface area contributed by atoms with E-state index in [1.54, 1.807) is 0 Å². The Balaban J connectivity index is 1.86. The van der Waals surface area contributed by atoms with Crippen molar-refractivity contribution >= 4 is 12.2 Å². The topological polar surface area (TPSA) is 0 Å². The van der Waals surface area contributed by atoms with E-state index in [1.165, 1.54) is 33.4 Å². The minimum Gasteiger partial charge on any atom is -0.0985 e. The van der Waals surface area contributed by atoms with E-state index in [-0.39, 0.29) is 0 Å². The Morgan fingerprint density at radius 3 is 1.04 bits per heavy atom. The summed E-state index contributed by atoms with van der Waals surface area (Å²) < 4.78 is 0. The number of benzene rings is 4. The molecule has 0 saturated heterocycles. The van der Waals surface area contributed by atoms with Crippen molar-refractivity contribution in [3.05, 3.63) is 121 Å². The van der Waals surface area contributed by atoms with E-state index < -0.39 is 0 Å². The molecule has 28 heavy (non-hydrogen) atoms. The lowest BCUT2D eigenvalue weighted by Gasteiger charge is -2.15. The van der Waals surface area contributed by atoms with E-state index >= 15 is 0 Å². The average Bonchev–Trinajstić information content (AvgIpc) is 2.79. The van der Waals surface area contributed by atoms with Crippen LogP contribution in [0.5, 0.6) is 0 Å². The molecule has 4 aromatic rings. The van der Waals surface area contributed by atoms with Gasteiger partial charge in [-0.05, 0) is 44.5 Å². The van der Waals surface area contributed by atoms with Crippen molar-refractivity contribution < 1.29 is 0 Å². The molecule has 0 nitrogen and oxygen atoms in total. The van der Waals surface area contributed by atoms with Gasteiger partial charge in [-0.3, -0.25) is 0 Å². The zero-order chi connectivity index (χ0) is 19.3. The third kappa shape index (κ3) is 3.45. The standard InChI is InChI=1S/C28H22/c1-3-21-13-17-23(18-14-21)25-9-5-7-11-27(25)28-12-8-6-10-26(28)24-19-15-22(4-2)16-20-24/h3-20H,1-2H2. The van der Waals surface area contributed by atoms with Crippen LogP contribution in [0.15, 0.2) is 110 Å². The van der Waals surface area contributed by atoms with Gasteiger partial charge in [-0.1, -0.05) is 122 Å². The van der Waals surface area contributed by atoms with Crippen LogP contribution in [0.4, 0.5) is 0 Å². The second-order valence-corrected chi connectivity index (χ2v) is 6.74. The number of hydrogen-bond acceptors (Lipinski definition) is 0. The second-order valence-electron chi connectivity index (χ2n) is 6.74. The van der Waals surface area contributed by atoms with Crippen LogP contribution in [0.2, 0.25) is 0 Å². The Morgan fingerprint density at radius 2 is 0.714 bits per heavy atom. The van der Waals surface area contributed by atoms with Gasteiger partial charge in [0.25, 0.3) is 0 Å². The van der Waals surface area contributed by atoms with Gasteiger partial charge in [-0.25, -0.2) is 0 Å². The van der Waals surface area contributed by atoms with E-state index in [0.717, 1.165) is 11.1 Å². The maximum absolute atomic E-state index is 3.85. The van der Waals surface area contributed by atoms with Crippen molar-refractivity contribution in [1.29, 1.82) is 0 Å². The fourth-order valence-electron chi connectivity index (χ4n) is 3.54. The van der Waals surface area contributed by atoms with Gasteiger partial charge in [-0.15, -0.1) is 0 Å². The molecule has 0 bridgehead atoms. The molecule has 0 aliphatic rings. The normalized spacial score (nSPS) is 10.4. The molecular weight excluding hydrogens is 336 g/mol. The quantitative estimate of drug-likeness (QED) is 0.339. The Bertz CT molecular complexity index is 1020. The Morgan fingerprint density at radius 1 is 0.393 bits per heavy atom. The summed E-state index contributed by atoms with van der Waals surface area (Å²) in [7, 11) is 0. The highest BCUT2D eigenvalue weighted by Crippen LogP contribution is 2.38. The van der Waals surface area contributed by atoms with Gasteiger partial charge >= 0.3 is 0 Å². The molecule has 0 amide bonds. The third-order valence-corrected chi connectivity index (χ3v) is 5.06. The molecule has 0 aliphatic carbocycles. The van der Waals surface area contributed by atoms with E-state index in [2.05, 4.69) is 110 Å². The van der Waals surface area contributed by atoms with Gasteiger partial charge in [-0.2, -0.15) is 0 Å². The van der Waals surface area contributed by atoms with Crippen LogP contribution in [0.1, 0.15) is 11.1 Å². The minimum absolute atomic E-state index is 1.13. The van der Waals surface area contributed by atoms with Crippen LogP contribution in [-0.2, 0) is 0 Å². The van der Waals surface area contributed by atoms with Crippen LogP contribution < -0.4 is 0 Å². The molecule has 4 rings (SSSR count). The first-order chi connectivity index (χ1) is 13.8. The van der Waals surface area contributed by atoms with Crippen LogP contribution in [0.3, 0.4) is 0 Å². The molecule has 4 aromatic carbocycles. The fourth-order valence-corrected chi connectivity index (χ4v) is 3.54. The maximum atomic E-state index is 3.85. The van der Waals surface area contributed by atoms with Gasteiger partial charge in [0.2, 0.25) is 0 Å². The molecule has 0 atom stereocenters. The van der Waals surface area contributed by atoms with Crippen molar-refractivity contribution in [2.75, 3.05) is 0 Å². The van der Waals surface area contributed by atoms with E-state index in [0.29, 0.717) is 0 Å². The molecule has 0 spiro atoms. The van der Waals surface area contributed by atoms with Gasteiger partial charge in [0.15, 0.2) is 0 Å². The minimum atomic E-state index is 1.13. The van der Waals surface area contributed by atoms with Gasteiger partial charge in [0.1, 0.15) is 0 Å². The summed E-state index contributed by atoms with van der Waals surface area (Å²) in [6, 6.07) is 34.3. The smallest absolute Gasteiger partial charge is 0.00992 e. The SMILES string of the molecule is C=Cc1ccc(-c2ccccc2-c2ccccc2-c2ccc(C=C)cc2)cc1. The molecule has 134 valence electrons. The van der Waals surface area contributed by atoms with Crippen molar-refractivity contribution in [1.82, 2.24) is 0 Å². The predicted molar refractivity (Wildman–Crippen MR) is 123 cm³/mol. The second kappa shape index (κ2) is 7.94. The third-order valence-electron chi connectivity index (χ3n) is 5.06. The van der Waals surface area contributed by atoms with E-state index in [1.807, 2.05) is 12.2 Å². The van der Waals surface area contributed by atoms with Crippen molar-refractivity contribution in [3.63, 3.8) is 0 Å². The summed E-state index contributed by atoms with van der Waals surface area (Å²) in [5, 5.41) is 0. The average molecular weight is 358 g/mol. The Kier molecular flexibility index (Phi) is 5.03. The van der Waals surface area contributed by atoms with Gasteiger partial charge < -0.3 is 0 Å². The molecule has 0 unspecified atom stereocenters. The number of rotatable bonds is 5. The van der Waals surface area contributed by atoms with Crippen LogP contribution >= 0.6 is 0 Å². The summed E-state index contributed by atoms with van der Waals surface area (Å²) in [6.07, 6.45) is 3.75. The van der Waals surface area contributed by atoms with Crippen molar-refractivity contribution in [3.8, 4) is 33.4 Å². The monoisotopic (exact) mass is 358 g/mol. The molecule has 0 aromatic heterocycles. The lowest BCUT2D eigenvalue weighted by atomic mass is 9.89. The Labute approximate surface area is 167 Å². The van der Waals surface area contributed by atoms with Crippen LogP contribution in [-0.4, -0.2) is 0 Å². The molecule has 0 heterocycles. The van der Waals surface area contributed by atoms with Crippen LogP contribution in [0.25, 0.3) is 45.5 Å². The maximum Gasteiger partial charge on any atom is -0.00992 e. The van der Waals surface area contributed by atoms with Crippen molar-refractivity contribution in [2.24, 2.45) is 0 Å². The summed E-state index contributed by atoms with van der Waals surface area (Å²) >= 11 is 0. The van der Waals surface area contributed by atoms with E-state index in [4.69, 9.17) is 0 Å². The molecule has 0 heteroatoms. The first-order valence-electron chi connectivity index (χ1n) is 9.44. The molecule has 0 N–H and O–H groups in total. The van der Waals surface area contributed by atoms with Crippen molar-refractivity contribution in [2.45, 2.75) is 0 Å². The molecular formula is C28H22. The van der Waals surface area contributed by atoms with Gasteiger partial charge in [0.05, 0.1) is 0 Å². The summed E-state index contributed by atoms with van der Waals surface area (Å²) in [4.78, 5) is 0. The fraction of sp³-hybridized carbons (Fsp3) is 0.